The van der Waals surface area contributed by atoms with Gasteiger partial charge in [-0.1, -0.05) is 12.1 Å². The second-order valence-corrected chi connectivity index (χ2v) is 4.97. The Balaban J connectivity index is 2.11. The monoisotopic (exact) mass is 265 g/mol. The minimum atomic E-state index is 0.0228. The second kappa shape index (κ2) is 4.85. The Morgan fingerprint density at radius 2 is 1.95 bits per heavy atom. The Kier molecular flexibility index (Phi) is 3.03. The highest BCUT2D eigenvalue weighted by Gasteiger charge is 2.11. The number of pyridine rings is 1. The molecule has 100 valence electrons. The molecule has 0 amide bonds. The van der Waals surface area contributed by atoms with Gasteiger partial charge in [0.25, 0.3) is 0 Å². The SMILES string of the molecule is Cn1ccc2cc(=O)ccc-2c1Cc1cccc(O)c1. The van der Waals surface area contributed by atoms with Crippen molar-refractivity contribution in [3.8, 4) is 16.9 Å². The molecule has 0 fully saturated rings. The van der Waals surface area contributed by atoms with Crippen molar-refractivity contribution >= 4 is 0 Å². The number of phenols is 1. The Hall–Kier alpha value is -2.55. The molecule has 1 aromatic rings. The molecule has 1 N–H and O–H groups in total. The summed E-state index contributed by atoms with van der Waals surface area (Å²) in [7, 11) is 1.99. The predicted molar refractivity (Wildman–Crippen MR) is 79.2 cm³/mol. The van der Waals surface area contributed by atoms with Crippen molar-refractivity contribution in [2.45, 2.75) is 6.42 Å². The van der Waals surface area contributed by atoms with Crippen LogP contribution in [0.1, 0.15) is 11.3 Å². The maximum Gasteiger partial charge on any atom is 0.179 e. The van der Waals surface area contributed by atoms with E-state index in [9.17, 15) is 9.90 Å². The highest BCUT2D eigenvalue weighted by atomic mass is 16.3. The van der Waals surface area contributed by atoms with Crippen LogP contribution in [0, 0.1) is 0 Å². The average molecular weight is 265 g/mol. The van der Waals surface area contributed by atoms with E-state index in [2.05, 4.69) is 4.57 Å². The molecule has 1 aliphatic carbocycles. The summed E-state index contributed by atoms with van der Waals surface area (Å²) in [5.41, 5.74) is 4.20. The van der Waals surface area contributed by atoms with Gasteiger partial charge in [-0.15, -0.1) is 0 Å². The van der Waals surface area contributed by atoms with Gasteiger partial charge in [-0.2, -0.15) is 0 Å². The van der Waals surface area contributed by atoms with Crippen LogP contribution >= 0.6 is 0 Å². The predicted octanol–water partition coefficient (Wildman–Crippen LogP) is 2.79. The number of aromatic nitrogens is 1. The highest BCUT2D eigenvalue weighted by Crippen LogP contribution is 2.26. The van der Waals surface area contributed by atoms with E-state index < -0.39 is 0 Å². The van der Waals surface area contributed by atoms with Gasteiger partial charge in [0, 0.05) is 30.9 Å². The topological polar surface area (TPSA) is 42.2 Å². The zero-order chi connectivity index (χ0) is 14.1. The standard InChI is InChI=1S/C17H15NO2/c1-18-8-7-13-11-15(20)5-6-16(13)17(18)10-12-3-2-4-14(19)9-12/h2-9,11,19H,10H2,1H3. The lowest BCUT2D eigenvalue weighted by Crippen LogP contribution is -2.08. The maximum atomic E-state index is 11.4. The van der Waals surface area contributed by atoms with Gasteiger partial charge in [0.2, 0.25) is 0 Å². The Bertz CT molecular complexity index is 789. The number of aryl methyl sites for hydroxylation is 1. The molecule has 20 heavy (non-hydrogen) atoms. The first-order valence-corrected chi connectivity index (χ1v) is 6.50. The number of nitrogens with zero attached hydrogens (tertiary/aromatic N) is 1. The van der Waals surface area contributed by atoms with Crippen LogP contribution in [0.15, 0.2) is 59.5 Å². The Morgan fingerprint density at radius 3 is 2.75 bits per heavy atom. The number of fused-ring (bicyclic) bond motifs is 1. The summed E-state index contributed by atoms with van der Waals surface area (Å²) in [6, 6.07) is 14.3. The van der Waals surface area contributed by atoms with Crippen LogP contribution in [-0.4, -0.2) is 9.67 Å². The normalized spacial score (nSPS) is 10.8. The number of hydrogen-bond donors (Lipinski definition) is 1. The van der Waals surface area contributed by atoms with Gasteiger partial charge >= 0.3 is 0 Å². The number of phenolic OH excluding ortho intramolecular Hbond substituents is 1. The average Bonchev–Trinajstić information content (AvgIpc) is 2.42. The molecule has 0 aromatic heterocycles. The van der Waals surface area contributed by atoms with Crippen molar-refractivity contribution in [3.63, 3.8) is 0 Å². The molecule has 2 aliphatic rings. The third-order valence-electron chi connectivity index (χ3n) is 3.52. The van der Waals surface area contributed by atoms with E-state index in [0.29, 0.717) is 6.42 Å². The summed E-state index contributed by atoms with van der Waals surface area (Å²) >= 11 is 0. The molecule has 0 spiro atoms. The first-order chi connectivity index (χ1) is 9.63. The molecule has 3 heteroatoms. The number of aromatic hydroxyl groups is 1. The number of benzene rings is 2. The van der Waals surface area contributed by atoms with Gasteiger partial charge in [-0.3, -0.25) is 4.79 Å². The second-order valence-electron chi connectivity index (χ2n) is 4.97. The molecule has 3 rings (SSSR count). The van der Waals surface area contributed by atoms with Gasteiger partial charge in [-0.05, 0) is 47.5 Å². The van der Waals surface area contributed by atoms with Crippen LogP contribution in [0.2, 0.25) is 0 Å². The Morgan fingerprint density at radius 1 is 1.10 bits per heavy atom. The first kappa shape index (κ1) is 12.5. The molecule has 0 saturated carbocycles. The van der Waals surface area contributed by atoms with E-state index in [0.717, 1.165) is 22.4 Å². The summed E-state index contributed by atoms with van der Waals surface area (Å²) in [5.74, 6) is 0.271. The zero-order valence-corrected chi connectivity index (χ0v) is 11.2. The van der Waals surface area contributed by atoms with Crippen LogP contribution < -0.4 is 5.43 Å². The van der Waals surface area contributed by atoms with Gasteiger partial charge in [0.1, 0.15) is 5.75 Å². The summed E-state index contributed by atoms with van der Waals surface area (Å²) in [5, 5.41) is 9.56. The summed E-state index contributed by atoms with van der Waals surface area (Å²) < 4.78 is 2.05. The fraction of sp³-hybridized carbons (Fsp3) is 0.118. The third kappa shape index (κ3) is 2.30. The van der Waals surface area contributed by atoms with Crippen molar-refractivity contribution in [2.24, 2.45) is 7.05 Å². The molecule has 1 aromatic carbocycles. The van der Waals surface area contributed by atoms with Crippen LogP contribution in [0.25, 0.3) is 11.1 Å². The molecule has 0 atom stereocenters. The zero-order valence-electron chi connectivity index (χ0n) is 11.2. The Labute approximate surface area is 117 Å². The van der Waals surface area contributed by atoms with Crippen LogP contribution in [0.3, 0.4) is 0 Å². The van der Waals surface area contributed by atoms with E-state index in [1.54, 1.807) is 24.3 Å². The van der Waals surface area contributed by atoms with Crippen LogP contribution in [0.5, 0.6) is 5.75 Å². The largest absolute Gasteiger partial charge is 0.508 e. The molecule has 0 bridgehead atoms. The lowest BCUT2D eigenvalue weighted by atomic mass is 9.98. The maximum absolute atomic E-state index is 11.4. The highest BCUT2D eigenvalue weighted by molar-refractivity contribution is 5.67. The molecule has 0 saturated heterocycles. The lowest BCUT2D eigenvalue weighted by molar-refractivity contribution is 0.474. The molecular formula is C17H15NO2. The van der Waals surface area contributed by atoms with E-state index in [4.69, 9.17) is 0 Å². The molecule has 3 nitrogen and oxygen atoms in total. The van der Waals surface area contributed by atoms with E-state index in [-0.39, 0.29) is 11.2 Å². The van der Waals surface area contributed by atoms with Crippen molar-refractivity contribution in [2.75, 3.05) is 0 Å². The van der Waals surface area contributed by atoms with Crippen molar-refractivity contribution in [1.29, 1.82) is 0 Å². The molecule has 0 radical (unpaired) electrons. The van der Waals surface area contributed by atoms with Crippen molar-refractivity contribution in [3.05, 3.63) is 76.2 Å². The van der Waals surface area contributed by atoms with Gasteiger partial charge < -0.3 is 9.67 Å². The van der Waals surface area contributed by atoms with E-state index >= 15 is 0 Å². The molecule has 1 aliphatic heterocycles. The number of hydrogen-bond acceptors (Lipinski definition) is 2. The molecule has 1 heterocycles. The van der Waals surface area contributed by atoms with Crippen molar-refractivity contribution in [1.82, 2.24) is 4.57 Å². The van der Waals surface area contributed by atoms with Crippen LogP contribution in [0.4, 0.5) is 0 Å². The third-order valence-corrected chi connectivity index (χ3v) is 3.52. The fourth-order valence-electron chi connectivity index (χ4n) is 2.49. The minimum Gasteiger partial charge on any atom is -0.508 e. The van der Waals surface area contributed by atoms with Crippen molar-refractivity contribution < 1.29 is 5.11 Å². The summed E-state index contributed by atoms with van der Waals surface area (Å²) in [6.07, 6.45) is 2.67. The first-order valence-electron chi connectivity index (χ1n) is 6.50. The smallest absolute Gasteiger partial charge is 0.179 e. The molecular weight excluding hydrogens is 250 g/mol. The van der Waals surface area contributed by atoms with Gasteiger partial charge in [0.15, 0.2) is 5.43 Å². The minimum absolute atomic E-state index is 0.0228. The molecule has 0 unspecified atom stereocenters. The van der Waals surface area contributed by atoms with E-state index in [1.165, 1.54) is 0 Å². The summed E-state index contributed by atoms with van der Waals surface area (Å²) in [6.45, 7) is 0. The quantitative estimate of drug-likeness (QED) is 0.774. The lowest BCUT2D eigenvalue weighted by Gasteiger charge is -2.16. The van der Waals surface area contributed by atoms with Gasteiger partial charge in [0.05, 0.1) is 0 Å². The summed E-state index contributed by atoms with van der Waals surface area (Å²) in [4.78, 5) is 11.4. The van der Waals surface area contributed by atoms with Gasteiger partial charge in [-0.25, -0.2) is 0 Å². The fourth-order valence-corrected chi connectivity index (χ4v) is 2.49. The van der Waals surface area contributed by atoms with E-state index in [1.807, 2.05) is 37.5 Å². The van der Waals surface area contributed by atoms with Crippen LogP contribution in [-0.2, 0) is 13.5 Å². The number of rotatable bonds is 2.